The molecule has 0 bridgehead atoms. The molecule has 0 fully saturated rings. The number of rotatable bonds is 26. The van der Waals surface area contributed by atoms with Crippen LogP contribution in [0.5, 0.6) is 11.5 Å². The first-order chi connectivity index (χ1) is 69.5. The molecule has 0 N–H and O–H groups in total. The lowest BCUT2D eigenvalue weighted by molar-refractivity contribution is 0.307. The smallest absolute Gasteiger partial charge is 0.119 e. The van der Waals surface area contributed by atoms with Crippen molar-refractivity contribution in [2.45, 2.75) is 223 Å². The third-order valence-electron chi connectivity index (χ3n) is 30.1. The van der Waals surface area contributed by atoms with Crippen molar-refractivity contribution in [3.05, 3.63) is 541 Å². The third-order valence-corrected chi connectivity index (χ3v) is 30.1. The van der Waals surface area contributed by atoms with Crippen LogP contribution < -0.4 is 9.47 Å². The summed E-state index contributed by atoms with van der Waals surface area (Å²) in [5, 5.41) is 4.49. The molecule has 0 saturated carbocycles. The van der Waals surface area contributed by atoms with Gasteiger partial charge in [0, 0.05) is 11.1 Å². The first-order valence-corrected chi connectivity index (χ1v) is 52.3. The minimum absolute atomic E-state index is 0.0636. The molecule has 0 spiro atoms. The summed E-state index contributed by atoms with van der Waals surface area (Å²) >= 11 is 0. The fourth-order valence-electron chi connectivity index (χ4n) is 20.8. The summed E-state index contributed by atoms with van der Waals surface area (Å²) in [4.78, 5) is 0. The van der Waals surface area contributed by atoms with Crippen LogP contribution in [0.3, 0.4) is 0 Å². The van der Waals surface area contributed by atoms with Crippen LogP contribution in [0.4, 0.5) is 0 Å². The molecule has 0 saturated heterocycles. The van der Waals surface area contributed by atoms with E-state index in [1.54, 1.807) is 0 Å². The van der Waals surface area contributed by atoms with E-state index in [1.807, 2.05) is 0 Å². The Morgan fingerprint density at radius 2 is 0.315 bits per heavy atom. The zero-order valence-corrected chi connectivity index (χ0v) is 90.6. The predicted octanol–water partition coefficient (Wildman–Crippen LogP) is 38.6. The number of aryl methyl sites for hydroxylation is 6. The molecular formula is C144H146O2. The Hall–Kier alpha value is -14.7. The Bertz CT molecular complexity index is 6680. The maximum absolute atomic E-state index is 7.25. The molecule has 0 unspecified atom stereocenters. The molecule has 0 aliphatic rings. The summed E-state index contributed by atoms with van der Waals surface area (Å²) in [6.07, 6.45) is 27.2. The summed E-state index contributed by atoms with van der Waals surface area (Å²) in [5.41, 5.74) is 39.2. The second kappa shape index (κ2) is 42.2. The van der Waals surface area contributed by atoms with E-state index in [-0.39, 0.29) is 32.5 Å². The molecule has 17 aromatic carbocycles. The normalized spacial score (nSPS) is 12.8. The Morgan fingerprint density at radius 3 is 0.466 bits per heavy atom. The SMILES string of the molecule is Cc1cc(C(c2ccc(OCc3c4ccccc4c(COc4ccc(C(c5ccc(/C=C/c6ccc(C(C)(C)C)cc6)c(C)c5)(c5ccc(/C=C/c6ccc(C(C)(C)C)cc6)c(C)c5)c5ccc(/C=C/c6ccc(C(C)(C)C)cc6)c(C)c5)cc4)c4ccccc34)cc2)(c2ccc(/C=C/c3ccc(C(C)(C)C)cc3)c(C)c2)c2ccc(/C=C/c3ccc(C(C)(C)C)cc3)c(C)c2)ccc1/C=C/c1ccc(C(C)(C)C)cc1. The van der Waals surface area contributed by atoms with Crippen molar-refractivity contribution in [1.82, 2.24) is 0 Å². The lowest BCUT2D eigenvalue weighted by atomic mass is 9.64. The van der Waals surface area contributed by atoms with Crippen LogP contribution in [0, 0.1) is 41.5 Å². The number of hydrogen-bond acceptors (Lipinski definition) is 2. The highest BCUT2D eigenvalue weighted by atomic mass is 16.5. The van der Waals surface area contributed by atoms with Gasteiger partial charge < -0.3 is 9.47 Å². The molecule has 146 heavy (non-hydrogen) atoms. The van der Waals surface area contributed by atoms with Crippen LogP contribution in [0.15, 0.2) is 352 Å². The molecule has 0 aliphatic carbocycles. The Labute approximate surface area is 872 Å². The average molecular weight is 1910 g/mol. The maximum Gasteiger partial charge on any atom is 0.119 e. The van der Waals surface area contributed by atoms with Crippen LogP contribution in [0.25, 0.3) is 94.5 Å². The van der Waals surface area contributed by atoms with E-state index >= 15 is 0 Å². The van der Waals surface area contributed by atoms with E-state index in [1.165, 1.54) is 134 Å². The first kappa shape index (κ1) is 103. The lowest BCUT2D eigenvalue weighted by Gasteiger charge is -2.38. The highest BCUT2D eigenvalue weighted by molar-refractivity contribution is 6.06. The van der Waals surface area contributed by atoms with Crippen molar-refractivity contribution in [2.24, 2.45) is 0 Å². The highest BCUT2D eigenvalue weighted by Crippen LogP contribution is 2.51. The summed E-state index contributed by atoms with van der Waals surface area (Å²) < 4.78 is 14.5. The Kier molecular flexibility index (Phi) is 29.7. The van der Waals surface area contributed by atoms with Gasteiger partial charge in [-0.15, -0.1) is 0 Å². The molecule has 17 rings (SSSR count). The molecule has 0 atom stereocenters. The highest BCUT2D eigenvalue weighted by Gasteiger charge is 2.42. The number of benzene rings is 17. The van der Waals surface area contributed by atoms with E-state index in [2.05, 4.69) is 591 Å². The van der Waals surface area contributed by atoms with Gasteiger partial charge in [0.05, 0.1) is 10.8 Å². The van der Waals surface area contributed by atoms with Gasteiger partial charge in [0.1, 0.15) is 24.7 Å². The van der Waals surface area contributed by atoms with E-state index in [4.69, 9.17) is 9.47 Å². The summed E-state index contributed by atoms with van der Waals surface area (Å²) in [7, 11) is 0. The zero-order valence-electron chi connectivity index (χ0n) is 90.6. The van der Waals surface area contributed by atoms with Crippen LogP contribution >= 0.6 is 0 Å². The minimum atomic E-state index is -0.821. The van der Waals surface area contributed by atoms with E-state index in [9.17, 15) is 0 Å². The van der Waals surface area contributed by atoms with E-state index < -0.39 is 10.8 Å². The van der Waals surface area contributed by atoms with Gasteiger partial charge in [0.15, 0.2) is 0 Å². The fourth-order valence-corrected chi connectivity index (χ4v) is 20.8. The van der Waals surface area contributed by atoms with Crippen LogP contribution in [-0.2, 0) is 56.5 Å². The summed E-state index contributed by atoms with van der Waals surface area (Å²) in [6, 6.07) is 133. The minimum Gasteiger partial charge on any atom is -0.489 e. The largest absolute Gasteiger partial charge is 0.489 e. The van der Waals surface area contributed by atoms with Gasteiger partial charge in [-0.1, -0.05) is 525 Å². The molecule has 734 valence electrons. The van der Waals surface area contributed by atoms with Crippen molar-refractivity contribution >= 4 is 94.5 Å². The van der Waals surface area contributed by atoms with Crippen molar-refractivity contribution in [2.75, 3.05) is 0 Å². The van der Waals surface area contributed by atoms with Gasteiger partial charge in [-0.25, -0.2) is 0 Å². The number of ether oxygens (including phenoxy) is 2. The topological polar surface area (TPSA) is 18.5 Å². The predicted molar refractivity (Wildman–Crippen MR) is 632 cm³/mol. The standard InChI is InChI=1S/C144H146O2/c1-97-89-123(75-57-109(97)51-33-103-39-63-115(64-40-103)137(7,8)9)143(124-76-58-110(98(2)90-124)52-34-104-41-65-116(66-42-104)138(10,11)12,125-77-59-111(99(3)91-125)53-35-105-43-67-117(68-44-105)139(13,14)15)121-81-85-129(86-82-121)145-95-135-131-29-25-27-31-133(131)136(134-32-28-26-30-132(134)135)96-146-130-87-83-122(84-88-130)144(126-78-60-112(100(4)92-126)54-36-106-45-69-118(70-46-106)140(16,17)18,127-79-61-113(101(5)93-127)55-37-107-47-71-119(72-48-107)141(19,20)21)128-80-62-114(102(6)94-128)56-38-108-49-73-120(74-50-108)142(22,23)24/h25-94H,95-96H2,1-24H3/b51-33+,52-34+,53-35+,54-36+,55-37+,56-38+. The molecular weight excluding hydrogens is 1760 g/mol. The quantitative estimate of drug-likeness (QED) is 0.0306. The molecule has 0 heterocycles. The summed E-state index contributed by atoms with van der Waals surface area (Å²) in [5.74, 6) is 1.55. The van der Waals surface area contributed by atoms with Gasteiger partial charge in [-0.2, -0.15) is 0 Å². The molecule has 17 aromatic rings. The second-order valence-corrected chi connectivity index (χ2v) is 46.8. The van der Waals surface area contributed by atoms with Crippen molar-refractivity contribution in [3.8, 4) is 11.5 Å². The maximum atomic E-state index is 7.25. The number of hydrogen-bond donors (Lipinski definition) is 0. The molecule has 0 aliphatic heterocycles. The van der Waals surface area contributed by atoms with Crippen LogP contribution in [-0.4, -0.2) is 0 Å². The Morgan fingerprint density at radius 1 is 0.164 bits per heavy atom. The monoisotopic (exact) mass is 1910 g/mol. The molecule has 0 radical (unpaired) electrons. The van der Waals surface area contributed by atoms with E-state index in [0.717, 1.165) is 88.7 Å². The van der Waals surface area contributed by atoms with Crippen molar-refractivity contribution in [1.29, 1.82) is 0 Å². The van der Waals surface area contributed by atoms with Crippen LogP contribution in [0.1, 0.15) is 314 Å². The fraction of sp³-hybridized carbons (Fsp3) is 0.236. The van der Waals surface area contributed by atoms with Gasteiger partial charge in [-0.05, 0) is 298 Å². The van der Waals surface area contributed by atoms with Gasteiger partial charge in [0.25, 0.3) is 0 Å². The zero-order chi connectivity index (χ0) is 103. The van der Waals surface area contributed by atoms with Gasteiger partial charge >= 0.3 is 0 Å². The summed E-state index contributed by atoms with van der Waals surface area (Å²) in [6.45, 7) is 55.1. The average Bonchev–Trinajstić information content (AvgIpc) is 0.722. The van der Waals surface area contributed by atoms with E-state index in [0.29, 0.717) is 13.2 Å². The lowest BCUT2D eigenvalue weighted by Crippen LogP contribution is -2.31. The molecule has 2 nitrogen and oxygen atoms in total. The van der Waals surface area contributed by atoms with Crippen molar-refractivity contribution in [3.63, 3.8) is 0 Å². The van der Waals surface area contributed by atoms with Gasteiger partial charge in [0.2, 0.25) is 0 Å². The van der Waals surface area contributed by atoms with Gasteiger partial charge in [-0.3, -0.25) is 0 Å². The molecule has 0 aromatic heterocycles. The first-order valence-electron chi connectivity index (χ1n) is 52.3. The number of fused-ring (bicyclic) bond motifs is 2. The van der Waals surface area contributed by atoms with Crippen LogP contribution in [0.2, 0.25) is 0 Å². The second-order valence-electron chi connectivity index (χ2n) is 46.8. The third kappa shape index (κ3) is 22.8. The Balaban J connectivity index is 0.733. The van der Waals surface area contributed by atoms with Crippen molar-refractivity contribution < 1.29 is 9.47 Å². The molecule has 2 heteroatoms. The molecule has 0 amide bonds.